The standard InChI is InChI=1S/C18H18F2N2O4/c1-11(23)22(12-4-6-14(19)15(20)8-12)10-18(24)21-16-9-13(25-2)5-7-17(16)26-3/h4-9H,10H2,1-3H3,(H,21,24). The Morgan fingerprint density at radius 3 is 2.35 bits per heavy atom. The lowest BCUT2D eigenvalue weighted by Crippen LogP contribution is -2.36. The van der Waals surface area contributed by atoms with Crippen LogP contribution in [-0.4, -0.2) is 32.6 Å². The van der Waals surface area contributed by atoms with Crippen LogP contribution in [0.25, 0.3) is 0 Å². The predicted octanol–water partition coefficient (Wildman–Crippen LogP) is 2.97. The number of hydrogen-bond donors (Lipinski definition) is 1. The summed E-state index contributed by atoms with van der Waals surface area (Å²) >= 11 is 0. The number of rotatable bonds is 6. The van der Waals surface area contributed by atoms with Gasteiger partial charge in [-0.2, -0.15) is 0 Å². The van der Waals surface area contributed by atoms with Crippen LogP contribution >= 0.6 is 0 Å². The van der Waals surface area contributed by atoms with Gasteiger partial charge in [-0.05, 0) is 24.3 Å². The molecule has 0 aliphatic heterocycles. The third-order valence-corrected chi connectivity index (χ3v) is 3.58. The lowest BCUT2D eigenvalue weighted by molar-refractivity contribution is -0.120. The normalized spacial score (nSPS) is 10.2. The Labute approximate surface area is 149 Å². The van der Waals surface area contributed by atoms with Crippen molar-refractivity contribution in [2.45, 2.75) is 6.92 Å². The van der Waals surface area contributed by atoms with Gasteiger partial charge in [0.05, 0.1) is 19.9 Å². The molecule has 0 atom stereocenters. The molecule has 1 N–H and O–H groups in total. The summed E-state index contributed by atoms with van der Waals surface area (Å²) < 4.78 is 36.8. The van der Waals surface area contributed by atoms with Crippen molar-refractivity contribution in [3.05, 3.63) is 48.0 Å². The van der Waals surface area contributed by atoms with Crippen molar-refractivity contribution >= 4 is 23.2 Å². The number of benzene rings is 2. The molecule has 2 rings (SSSR count). The molecule has 2 aromatic carbocycles. The van der Waals surface area contributed by atoms with Crippen LogP contribution < -0.4 is 19.7 Å². The maximum atomic E-state index is 13.4. The Morgan fingerprint density at radius 1 is 1.04 bits per heavy atom. The molecule has 0 saturated carbocycles. The highest BCUT2D eigenvalue weighted by Crippen LogP contribution is 2.29. The SMILES string of the molecule is COc1ccc(OC)c(NC(=O)CN(C(C)=O)c2ccc(F)c(F)c2)c1. The van der Waals surface area contributed by atoms with E-state index in [2.05, 4.69) is 5.32 Å². The van der Waals surface area contributed by atoms with Crippen LogP contribution in [0.1, 0.15) is 6.92 Å². The Hall–Kier alpha value is -3.16. The molecule has 0 aliphatic rings. The van der Waals surface area contributed by atoms with Crippen LogP contribution in [0.2, 0.25) is 0 Å². The highest BCUT2D eigenvalue weighted by Gasteiger charge is 2.18. The third-order valence-electron chi connectivity index (χ3n) is 3.58. The predicted molar refractivity (Wildman–Crippen MR) is 92.6 cm³/mol. The maximum Gasteiger partial charge on any atom is 0.244 e. The van der Waals surface area contributed by atoms with Gasteiger partial charge >= 0.3 is 0 Å². The lowest BCUT2D eigenvalue weighted by Gasteiger charge is -2.21. The molecular formula is C18H18F2N2O4. The van der Waals surface area contributed by atoms with Crippen molar-refractivity contribution in [1.29, 1.82) is 0 Å². The van der Waals surface area contributed by atoms with Crippen LogP contribution in [0.15, 0.2) is 36.4 Å². The van der Waals surface area contributed by atoms with Crippen molar-refractivity contribution in [2.24, 2.45) is 0 Å². The van der Waals surface area contributed by atoms with E-state index in [1.165, 1.54) is 27.2 Å². The summed E-state index contributed by atoms with van der Waals surface area (Å²) in [6.45, 7) is 0.835. The Bertz CT molecular complexity index is 827. The molecular weight excluding hydrogens is 346 g/mol. The Morgan fingerprint density at radius 2 is 1.77 bits per heavy atom. The number of methoxy groups -OCH3 is 2. The molecule has 0 saturated heterocycles. The number of halogens is 2. The summed E-state index contributed by atoms with van der Waals surface area (Å²) in [7, 11) is 2.93. The molecule has 0 fully saturated rings. The van der Waals surface area contributed by atoms with E-state index in [1.807, 2.05) is 0 Å². The summed E-state index contributed by atoms with van der Waals surface area (Å²) in [5.41, 5.74) is 0.426. The van der Waals surface area contributed by atoms with Gasteiger partial charge in [-0.15, -0.1) is 0 Å². The van der Waals surface area contributed by atoms with Gasteiger partial charge in [0, 0.05) is 24.7 Å². The zero-order valence-corrected chi connectivity index (χ0v) is 14.5. The molecule has 0 spiro atoms. The fourth-order valence-electron chi connectivity index (χ4n) is 2.28. The molecule has 0 aliphatic carbocycles. The molecule has 0 radical (unpaired) electrons. The van der Waals surface area contributed by atoms with E-state index in [1.54, 1.807) is 18.2 Å². The monoisotopic (exact) mass is 364 g/mol. The van der Waals surface area contributed by atoms with E-state index < -0.39 is 23.4 Å². The second kappa shape index (κ2) is 8.28. The second-order valence-electron chi connectivity index (χ2n) is 5.32. The minimum atomic E-state index is -1.11. The van der Waals surface area contributed by atoms with Crippen LogP contribution in [-0.2, 0) is 9.59 Å². The number of nitrogens with zero attached hydrogens (tertiary/aromatic N) is 1. The van der Waals surface area contributed by atoms with E-state index in [-0.39, 0.29) is 12.2 Å². The van der Waals surface area contributed by atoms with E-state index in [0.717, 1.165) is 17.0 Å². The topological polar surface area (TPSA) is 67.9 Å². The van der Waals surface area contributed by atoms with Gasteiger partial charge in [0.2, 0.25) is 11.8 Å². The molecule has 138 valence electrons. The number of carbonyl (C=O) groups is 2. The number of ether oxygens (including phenoxy) is 2. The summed E-state index contributed by atoms with van der Waals surface area (Å²) in [5.74, 6) is -2.28. The quantitative estimate of drug-likeness (QED) is 0.856. The number of anilines is 2. The van der Waals surface area contributed by atoms with E-state index in [0.29, 0.717) is 17.2 Å². The molecule has 2 aromatic rings. The minimum Gasteiger partial charge on any atom is -0.497 e. The van der Waals surface area contributed by atoms with Gasteiger partial charge in [-0.1, -0.05) is 0 Å². The molecule has 0 bridgehead atoms. The molecule has 2 amide bonds. The first kappa shape index (κ1) is 19.2. The number of carbonyl (C=O) groups excluding carboxylic acids is 2. The molecule has 6 nitrogen and oxygen atoms in total. The van der Waals surface area contributed by atoms with Gasteiger partial charge in [-0.25, -0.2) is 8.78 Å². The van der Waals surface area contributed by atoms with E-state index >= 15 is 0 Å². The first-order valence-electron chi connectivity index (χ1n) is 7.60. The largest absolute Gasteiger partial charge is 0.497 e. The molecule has 26 heavy (non-hydrogen) atoms. The average Bonchev–Trinajstić information content (AvgIpc) is 2.61. The van der Waals surface area contributed by atoms with Gasteiger partial charge in [0.25, 0.3) is 0 Å². The lowest BCUT2D eigenvalue weighted by atomic mass is 10.2. The zero-order chi connectivity index (χ0) is 19.3. The first-order chi connectivity index (χ1) is 12.3. The maximum absolute atomic E-state index is 13.4. The summed E-state index contributed by atoms with van der Waals surface area (Å²) in [5, 5.41) is 2.61. The molecule has 0 aromatic heterocycles. The van der Waals surface area contributed by atoms with Crippen molar-refractivity contribution < 1.29 is 27.8 Å². The Balaban J connectivity index is 2.21. The Kier molecular flexibility index (Phi) is 6.11. The third kappa shape index (κ3) is 4.47. The van der Waals surface area contributed by atoms with E-state index in [9.17, 15) is 18.4 Å². The van der Waals surface area contributed by atoms with Crippen LogP contribution in [0.5, 0.6) is 11.5 Å². The molecule has 8 heteroatoms. The number of hydrogen-bond acceptors (Lipinski definition) is 4. The van der Waals surface area contributed by atoms with Crippen molar-refractivity contribution in [3.63, 3.8) is 0 Å². The van der Waals surface area contributed by atoms with Gasteiger partial charge in [-0.3, -0.25) is 9.59 Å². The van der Waals surface area contributed by atoms with Crippen LogP contribution in [0.4, 0.5) is 20.2 Å². The number of amides is 2. The second-order valence-corrected chi connectivity index (χ2v) is 5.32. The summed E-state index contributed by atoms with van der Waals surface area (Å²) in [4.78, 5) is 25.2. The fourth-order valence-corrected chi connectivity index (χ4v) is 2.28. The highest BCUT2D eigenvalue weighted by atomic mass is 19.2. The zero-order valence-electron chi connectivity index (χ0n) is 14.5. The van der Waals surface area contributed by atoms with Crippen LogP contribution in [0.3, 0.4) is 0 Å². The van der Waals surface area contributed by atoms with Crippen molar-refractivity contribution in [2.75, 3.05) is 31.0 Å². The highest BCUT2D eigenvalue weighted by molar-refractivity contribution is 6.02. The summed E-state index contributed by atoms with van der Waals surface area (Å²) in [6, 6.07) is 7.82. The van der Waals surface area contributed by atoms with Gasteiger partial charge in [0.1, 0.15) is 18.0 Å². The van der Waals surface area contributed by atoms with Crippen molar-refractivity contribution in [3.8, 4) is 11.5 Å². The average molecular weight is 364 g/mol. The number of nitrogens with one attached hydrogen (secondary N) is 1. The first-order valence-corrected chi connectivity index (χ1v) is 7.60. The molecule has 0 unspecified atom stereocenters. The molecule has 0 heterocycles. The van der Waals surface area contributed by atoms with Crippen molar-refractivity contribution in [1.82, 2.24) is 0 Å². The van der Waals surface area contributed by atoms with Crippen LogP contribution in [0, 0.1) is 11.6 Å². The minimum absolute atomic E-state index is 0.0733. The van der Waals surface area contributed by atoms with E-state index in [4.69, 9.17) is 9.47 Å². The summed E-state index contributed by atoms with van der Waals surface area (Å²) in [6.07, 6.45) is 0. The smallest absolute Gasteiger partial charge is 0.244 e. The fraction of sp³-hybridized carbons (Fsp3) is 0.222. The van der Waals surface area contributed by atoms with Gasteiger partial charge < -0.3 is 19.7 Å². The van der Waals surface area contributed by atoms with Gasteiger partial charge in [0.15, 0.2) is 11.6 Å².